The summed E-state index contributed by atoms with van der Waals surface area (Å²) in [5, 5.41) is 6.91. The highest BCUT2D eigenvalue weighted by Crippen LogP contribution is 2.33. The lowest BCUT2D eigenvalue weighted by atomic mass is 9.89. The number of nitrogens with one attached hydrogen (secondary N) is 3. The number of carbonyl (C=O) groups is 7. The molecule has 0 radical (unpaired) electrons. The van der Waals surface area contributed by atoms with Gasteiger partial charge in [0, 0.05) is 64.3 Å². The zero-order valence-corrected chi connectivity index (χ0v) is 44.5. The molecule has 4 rings (SSSR count). The van der Waals surface area contributed by atoms with Crippen molar-refractivity contribution in [2.75, 3.05) is 47.9 Å². The fourth-order valence-corrected chi connectivity index (χ4v) is 10.7. The van der Waals surface area contributed by atoms with Crippen LogP contribution in [-0.2, 0) is 49.5 Å². The van der Waals surface area contributed by atoms with E-state index in [1.165, 1.54) is 12.0 Å². The van der Waals surface area contributed by atoms with Crippen LogP contribution in [-0.4, -0.2) is 156 Å². The summed E-state index contributed by atoms with van der Waals surface area (Å²) < 4.78 is 12.1. The third kappa shape index (κ3) is 14.2. The predicted octanol–water partition coefficient (Wildman–Crippen LogP) is 5.04. The molecule has 2 aromatic rings. The van der Waals surface area contributed by atoms with Gasteiger partial charge in [-0.05, 0) is 68.7 Å². The maximum atomic E-state index is 14.7. The van der Waals surface area contributed by atoms with Gasteiger partial charge < -0.3 is 40.6 Å². The number of aromatic nitrogens is 1. The van der Waals surface area contributed by atoms with Crippen molar-refractivity contribution in [3.63, 3.8) is 0 Å². The van der Waals surface area contributed by atoms with Crippen LogP contribution in [0.15, 0.2) is 30.5 Å². The number of rotatable bonds is 28. The van der Waals surface area contributed by atoms with Gasteiger partial charge in [-0.15, -0.1) is 0 Å². The van der Waals surface area contributed by atoms with Gasteiger partial charge in [-0.2, -0.15) is 0 Å². The van der Waals surface area contributed by atoms with Crippen LogP contribution in [0.5, 0.6) is 0 Å². The number of nitrogens with zero attached hydrogens (tertiary/aromatic N) is 4. The molecule has 0 bridgehead atoms. The number of H-pyrrole nitrogens is 1. The summed E-state index contributed by atoms with van der Waals surface area (Å²) in [6, 6.07) is 4.43. The fraction of sp³-hybridized carbons (Fsp3) is 0.717. The van der Waals surface area contributed by atoms with Crippen LogP contribution in [0.3, 0.4) is 0 Å². The van der Waals surface area contributed by atoms with Crippen molar-refractivity contribution in [1.82, 2.24) is 35.2 Å². The van der Waals surface area contributed by atoms with Gasteiger partial charge >= 0.3 is 0 Å². The van der Waals surface area contributed by atoms with E-state index in [9.17, 15) is 33.6 Å². The third-order valence-electron chi connectivity index (χ3n) is 15.0. The number of hydrogen-bond donors (Lipinski definition) is 4. The van der Waals surface area contributed by atoms with E-state index >= 15 is 0 Å². The molecule has 0 saturated carbocycles. The molecule has 7 unspecified atom stereocenters. The standard InChI is InChI=1S/C53H86N8O9/c1-14-34(6)46(59(11)51(67)44(32(2)3)57-50(66)45(33(4)5)58(10)25-19-15-16-20-26-61-43(63)30-53(8,9)52(61)68)41(69-12)29-42(62)60-27-21-24-40(60)47(70-13)35(7)49(65)56-39(48(54)64)28-36-31-55-38-23-18-17-22-37(36)38/h17-18,22-23,31-35,39-41,44-47,55H,14-16,19-21,24-30H2,1-13H3,(H2,54,64)(H,56,65)(H,57,66)/t34?,35?,39-,40?,41?,44-,45?,46?,47?/m0/s1. The average Bonchev–Trinajstić information content (AvgIpc) is 4.01. The summed E-state index contributed by atoms with van der Waals surface area (Å²) in [5.74, 6) is -3.11. The molecule has 2 saturated heterocycles. The summed E-state index contributed by atoms with van der Waals surface area (Å²) in [7, 11) is 6.71. The number of likely N-dealkylation sites (N-methyl/N-ethyl adjacent to an activating group) is 2. The first-order valence-electron chi connectivity index (χ1n) is 25.6. The Balaban J connectivity index is 1.39. The lowest BCUT2D eigenvalue weighted by molar-refractivity contribution is -0.148. The molecule has 0 aliphatic carbocycles. The number of hydrogen-bond acceptors (Lipinski definition) is 10. The molecule has 392 valence electrons. The van der Waals surface area contributed by atoms with Gasteiger partial charge in [-0.1, -0.05) is 99.8 Å². The van der Waals surface area contributed by atoms with Crippen molar-refractivity contribution in [2.45, 2.75) is 169 Å². The molecule has 1 aromatic carbocycles. The van der Waals surface area contributed by atoms with Gasteiger partial charge in [-0.25, -0.2) is 0 Å². The molecule has 2 aliphatic heterocycles. The third-order valence-corrected chi connectivity index (χ3v) is 15.0. The second-order valence-corrected chi connectivity index (χ2v) is 21.3. The number of benzene rings is 1. The Kier molecular flexibility index (Phi) is 21.4. The second-order valence-electron chi connectivity index (χ2n) is 21.3. The van der Waals surface area contributed by atoms with Crippen molar-refractivity contribution in [2.24, 2.45) is 34.8 Å². The Morgan fingerprint density at radius 2 is 1.59 bits per heavy atom. The van der Waals surface area contributed by atoms with E-state index in [1.54, 1.807) is 30.9 Å². The van der Waals surface area contributed by atoms with Crippen molar-refractivity contribution in [3.8, 4) is 0 Å². The zero-order chi connectivity index (χ0) is 52.2. The summed E-state index contributed by atoms with van der Waals surface area (Å²) >= 11 is 0. The Labute approximate surface area is 417 Å². The lowest BCUT2D eigenvalue weighted by Gasteiger charge is -2.41. The van der Waals surface area contributed by atoms with Gasteiger partial charge in [0.25, 0.3) is 0 Å². The van der Waals surface area contributed by atoms with Crippen LogP contribution in [0.1, 0.15) is 126 Å². The first-order chi connectivity index (χ1) is 33.0. The number of imide groups is 1. The molecule has 0 spiro atoms. The van der Waals surface area contributed by atoms with Crippen LogP contribution in [0.2, 0.25) is 0 Å². The minimum Gasteiger partial charge on any atom is -0.379 e. The first kappa shape index (κ1) is 57.7. The number of unbranched alkanes of at least 4 members (excludes halogenated alkanes) is 3. The average molecular weight is 979 g/mol. The fourth-order valence-electron chi connectivity index (χ4n) is 10.7. The smallest absolute Gasteiger partial charge is 0.245 e. The molecule has 2 aliphatic rings. The van der Waals surface area contributed by atoms with E-state index in [-0.39, 0.29) is 66.6 Å². The van der Waals surface area contributed by atoms with Crippen LogP contribution < -0.4 is 16.4 Å². The SMILES string of the molecule is CCC(C)C(C(CC(=O)N1CCCC1C(OC)C(C)C(=O)N[C@@H](Cc1c[nH]c2ccccc12)C(N)=O)OC)N(C)C(=O)[C@@H](NC(=O)C(C(C)C)N(C)CCCCCCN1C(=O)CC(C)(C)C1=O)C(C)C. The number of fused-ring (bicyclic) bond motifs is 1. The number of likely N-dealkylation sites (tertiary alicyclic amines) is 2. The number of methoxy groups -OCH3 is 2. The quantitative estimate of drug-likeness (QED) is 0.0658. The van der Waals surface area contributed by atoms with Crippen LogP contribution in [0.25, 0.3) is 10.9 Å². The predicted molar refractivity (Wildman–Crippen MR) is 271 cm³/mol. The van der Waals surface area contributed by atoms with E-state index < -0.39 is 65.6 Å². The summed E-state index contributed by atoms with van der Waals surface area (Å²) in [6.07, 6.45) is 6.14. The molecular weight excluding hydrogens is 893 g/mol. The maximum absolute atomic E-state index is 14.7. The maximum Gasteiger partial charge on any atom is 0.245 e. The van der Waals surface area contributed by atoms with E-state index in [1.807, 2.05) is 97.8 Å². The second kappa shape index (κ2) is 26.0. The highest BCUT2D eigenvalue weighted by molar-refractivity contribution is 6.05. The van der Waals surface area contributed by atoms with Crippen LogP contribution >= 0.6 is 0 Å². The minimum absolute atomic E-state index is 0.0311. The number of ether oxygens (including phenoxy) is 2. The number of primary amides is 1. The summed E-state index contributed by atoms with van der Waals surface area (Å²) in [4.78, 5) is 105. The number of para-hydroxylation sites is 1. The van der Waals surface area contributed by atoms with Gasteiger partial charge in [0.15, 0.2) is 0 Å². The van der Waals surface area contributed by atoms with Crippen molar-refractivity contribution >= 4 is 52.3 Å². The Hall–Kier alpha value is -4.87. The Morgan fingerprint density at radius 1 is 0.914 bits per heavy atom. The minimum atomic E-state index is -0.968. The Bertz CT molecular complexity index is 2110. The van der Waals surface area contributed by atoms with Crippen LogP contribution in [0, 0.1) is 29.1 Å². The van der Waals surface area contributed by atoms with Gasteiger partial charge in [0.2, 0.25) is 41.4 Å². The van der Waals surface area contributed by atoms with Crippen molar-refractivity contribution in [1.29, 1.82) is 0 Å². The van der Waals surface area contributed by atoms with Gasteiger partial charge in [-0.3, -0.25) is 43.4 Å². The number of nitrogens with two attached hydrogens (primary N) is 1. The molecule has 17 heteroatoms. The van der Waals surface area contributed by atoms with Crippen molar-refractivity contribution in [3.05, 3.63) is 36.0 Å². The number of amides is 7. The number of aromatic amines is 1. The van der Waals surface area contributed by atoms with E-state index in [0.29, 0.717) is 38.9 Å². The van der Waals surface area contributed by atoms with E-state index in [4.69, 9.17) is 15.2 Å². The monoisotopic (exact) mass is 979 g/mol. The molecular formula is C53H86N8O9. The highest BCUT2D eigenvalue weighted by Gasteiger charge is 2.45. The van der Waals surface area contributed by atoms with Crippen LogP contribution in [0.4, 0.5) is 0 Å². The summed E-state index contributed by atoms with van der Waals surface area (Å²) in [5.41, 5.74) is 6.93. The molecule has 1 aromatic heterocycles. The van der Waals surface area contributed by atoms with E-state index in [2.05, 4.69) is 15.6 Å². The molecule has 70 heavy (non-hydrogen) atoms. The summed E-state index contributed by atoms with van der Waals surface area (Å²) in [6.45, 7) is 18.7. The molecule has 3 heterocycles. The highest BCUT2D eigenvalue weighted by atomic mass is 16.5. The largest absolute Gasteiger partial charge is 0.379 e. The molecule has 5 N–H and O–H groups in total. The normalized spacial score (nSPS) is 19.6. The molecule has 7 amide bonds. The number of carbonyl (C=O) groups excluding carboxylic acids is 7. The lowest BCUT2D eigenvalue weighted by Crippen LogP contribution is -2.60. The van der Waals surface area contributed by atoms with Gasteiger partial charge in [0.05, 0.1) is 48.1 Å². The Morgan fingerprint density at radius 3 is 2.17 bits per heavy atom. The molecule has 17 nitrogen and oxygen atoms in total. The molecule has 2 fully saturated rings. The van der Waals surface area contributed by atoms with Gasteiger partial charge in [0.1, 0.15) is 12.1 Å². The van der Waals surface area contributed by atoms with Crippen molar-refractivity contribution < 1.29 is 43.0 Å². The topological polar surface area (TPSA) is 217 Å². The molecule has 9 atom stereocenters. The first-order valence-corrected chi connectivity index (χ1v) is 25.6. The zero-order valence-electron chi connectivity index (χ0n) is 44.5. The van der Waals surface area contributed by atoms with E-state index in [0.717, 1.165) is 42.1 Å².